The minimum absolute atomic E-state index is 0.542. The third-order valence-electron chi connectivity index (χ3n) is 12.6. The van der Waals surface area contributed by atoms with Crippen LogP contribution in [0, 0.1) is 0 Å². The normalized spacial score (nSPS) is 11.5. The molecule has 0 unspecified atom stereocenters. The molecule has 0 atom stereocenters. The zero-order chi connectivity index (χ0) is 45.0. The van der Waals surface area contributed by atoms with Gasteiger partial charge < -0.3 is 4.57 Å². The largest absolute Gasteiger partial charge is 0.309 e. The van der Waals surface area contributed by atoms with Gasteiger partial charge in [0.25, 0.3) is 0 Å². The van der Waals surface area contributed by atoms with Gasteiger partial charge in [-0.05, 0) is 47.5 Å². The molecule has 4 aromatic heterocycles. The number of rotatable bonds is 8. The minimum atomic E-state index is 0.542. The highest BCUT2D eigenvalue weighted by Crippen LogP contribution is 2.41. The number of para-hydroxylation sites is 2. The third-order valence-corrected chi connectivity index (χ3v) is 12.6. The number of benzene rings is 9. The van der Waals surface area contributed by atoms with Gasteiger partial charge in [-0.1, -0.05) is 194 Å². The van der Waals surface area contributed by atoms with E-state index in [1.807, 2.05) is 91.0 Å². The maximum Gasteiger partial charge on any atom is 0.238 e. The SMILES string of the molecule is c1ccc(-c2nc(-c3ccccc3)nc(-c3cccc(-n4c5ccccc5c5cc6c(cc54)c4ccccc4n6-c4nc(-c5ccccc5)nc(-c5ccccc5-c5ccccc5)n4)c3)n2)cc1. The van der Waals surface area contributed by atoms with E-state index in [9.17, 15) is 0 Å². The number of aromatic nitrogens is 8. The quantitative estimate of drug-likeness (QED) is 0.151. The molecule has 0 saturated carbocycles. The molecule has 318 valence electrons. The fourth-order valence-electron chi connectivity index (χ4n) is 9.50. The van der Waals surface area contributed by atoms with Gasteiger partial charge in [0.2, 0.25) is 5.95 Å². The summed E-state index contributed by atoms with van der Waals surface area (Å²) in [6.07, 6.45) is 0. The molecule has 0 saturated heterocycles. The van der Waals surface area contributed by atoms with Gasteiger partial charge in [0, 0.05) is 55.0 Å². The van der Waals surface area contributed by atoms with Crippen LogP contribution in [0.2, 0.25) is 0 Å². The Morgan fingerprint density at radius 2 is 0.632 bits per heavy atom. The summed E-state index contributed by atoms with van der Waals surface area (Å²) in [6.45, 7) is 0. The van der Waals surface area contributed by atoms with Crippen molar-refractivity contribution in [1.82, 2.24) is 39.0 Å². The molecule has 13 rings (SSSR count). The van der Waals surface area contributed by atoms with Crippen LogP contribution in [0.15, 0.2) is 231 Å². The monoisotopic (exact) mass is 870 g/mol. The van der Waals surface area contributed by atoms with E-state index in [0.29, 0.717) is 35.1 Å². The Morgan fingerprint density at radius 3 is 1.21 bits per heavy atom. The van der Waals surface area contributed by atoms with Crippen molar-refractivity contribution in [3.8, 4) is 79.7 Å². The fourth-order valence-corrected chi connectivity index (χ4v) is 9.50. The van der Waals surface area contributed by atoms with Crippen LogP contribution in [0.3, 0.4) is 0 Å². The number of hydrogen-bond acceptors (Lipinski definition) is 6. The predicted molar refractivity (Wildman–Crippen MR) is 275 cm³/mol. The van der Waals surface area contributed by atoms with Crippen LogP contribution in [0.25, 0.3) is 123 Å². The van der Waals surface area contributed by atoms with Crippen molar-refractivity contribution in [2.75, 3.05) is 0 Å². The summed E-state index contributed by atoms with van der Waals surface area (Å²) in [5, 5.41) is 4.41. The Hall–Kier alpha value is -9.40. The summed E-state index contributed by atoms with van der Waals surface area (Å²) in [5.74, 6) is 3.59. The van der Waals surface area contributed by atoms with Gasteiger partial charge in [-0.3, -0.25) is 4.57 Å². The highest BCUT2D eigenvalue weighted by Gasteiger charge is 2.22. The van der Waals surface area contributed by atoms with Crippen molar-refractivity contribution >= 4 is 43.6 Å². The second-order valence-corrected chi connectivity index (χ2v) is 16.7. The van der Waals surface area contributed by atoms with Crippen molar-refractivity contribution in [2.24, 2.45) is 0 Å². The first kappa shape index (κ1) is 39.0. The summed E-state index contributed by atoms with van der Waals surface area (Å²) in [4.78, 5) is 30.9. The predicted octanol–water partition coefficient (Wildman–Crippen LogP) is 14.3. The lowest BCUT2D eigenvalue weighted by atomic mass is 9.99. The molecular formula is C60H38N8. The number of fused-ring (bicyclic) bond motifs is 6. The average molecular weight is 871 g/mol. The molecule has 8 nitrogen and oxygen atoms in total. The molecule has 0 radical (unpaired) electrons. The second kappa shape index (κ2) is 16.2. The molecule has 0 aliphatic rings. The van der Waals surface area contributed by atoms with Gasteiger partial charge in [0.15, 0.2) is 29.1 Å². The molecule has 0 aliphatic carbocycles. The molecular weight excluding hydrogens is 833 g/mol. The first-order valence-corrected chi connectivity index (χ1v) is 22.6. The molecule has 0 fully saturated rings. The van der Waals surface area contributed by atoms with Crippen molar-refractivity contribution in [1.29, 1.82) is 0 Å². The lowest BCUT2D eigenvalue weighted by Gasteiger charge is -2.13. The third kappa shape index (κ3) is 6.70. The molecule has 13 aromatic rings. The van der Waals surface area contributed by atoms with Crippen LogP contribution in [-0.2, 0) is 0 Å². The Bertz CT molecular complexity index is 3960. The zero-order valence-electron chi connectivity index (χ0n) is 36.5. The lowest BCUT2D eigenvalue weighted by molar-refractivity contribution is 0.954. The van der Waals surface area contributed by atoms with Crippen LogP contribution in [-0.4, -0.2) is 39.0 Å². The van der Waals surface area contributed by atoms with Gasteiger partial charge in [-0.15, -0.1) is 0 Å². The highest BCUT2D eigenvalue weighted by atomic mass is 15.2. The van der Waals surface area contributed by atoms with Crippen LogP contribution in [0.1, 0.15) is 0 Å². The standard InChI is InChI=1S/C60H38N8/c1-5-20-39(21-6-1)45-30-13-14-33-48(45)59-64-57(42-26-11-4-12-27-42)65-60(66-59)68-52-35-18-16-32-47(52)50-37-53-49(38-54(50)68)46-31-15-17-34-51(46)67(53)44-29-19-28-43(36-44)58-62-55(40-22-7-2-8-23-40)61-56(63-58)41-24-9-3-10-25-41/h1-38H. The van der Waals surface area contributed by atoms with E-state index in [-0.39, 0.29) is 0 Å². The van der Waals surface area contributed by atoms with E-state index in [4.69, 9.17) is 29.9 Å². The summed E-state index contributed by atoms with van der Waals surface area (Å²) in [5.41, 5.74) is 11.9. The second-order valence-electron chi connectivity index (χ2n) is 16.7. The van der Waals surface area contributed by atoms with E-state index in [1.54, 1.807) is 0 Å². The number of hydrogen-bond donors (Lipinski definition) is 0. The fraction of sp³-hybridized carbons (Fsp3) is 0. The summed E-state index contributed by atoms with van der Waals surface area (Å²) in [7, 11) is 0. The maximum absolute atomic E-state index is 5.36. The summed E-state index contributed by atoms with van der Waals surface area (Å²) in [6, 6.07) is 79.3. The summed E-state index contributed by atoms with van der Waals surface area (Å²) >= 11 is 0. The van der Waals surface area contributed by atoms with Gasteiger partial charge in [-0.25, -0.2) is 19.9 Å². The molecule has 0 aliphatic heterocycles. The van der Waals surface area contributed by atoms with E-state index < -0.39 is 0 Å². The smallest absolute Gasteiger partial charge is 0.238 e. The van der Waals surface area contributed by atoms with Crippen molar-refractivity contribution in [3.63, 3.8) is 0 Å². The first-order valence-electron chi connectivity index (χ1n) is 22.6. The van der Waals surface area contributed by atoms with E-state index in [2.05, 4.69) is 149 Å². The Morgan fingerprint density at radius 1 is 0.235 bits per heavy atom. The maximum atomic E-state index is 5.36. The average Bonchev–Trinajstić information content (AvgIpc) is 3.93. The zero-order valence-corrected chi connectivity index (χ0v) is 36.5. The highest BCUT2D eigenvalue weighted by molar-refractivity contribution is 6.19. The molecule has 8 heteroatoms. The van der Waals surface area contributed by atoms with Crippen molar-refractivity contribution in [3.05, 3.63) is 231 Å². The molecule has 0 amide bonds. The topological polar surface area (TPSA) is 87.2 Å². The molecule has 0 bridgehead atoms. The van der Waals surface area contributed by atoms with Crippen molar-refractivity contribution in [2.45, 2.75) is 0 Å². The van der Waals surface area contributed by atoms with Crippen LogP contribution in [0.4, 0.5) is 0 Å². The summed E-state index contributed by atoms with van der Waals surface area (Å²) < 4.78 is 4.56. The molecule has 68 heavy (non-hydrogen) atoms. The van der Waals surface area contributed by atoms with Gasteiger partial charge in [0.05, 0.1) is 22.1 Å². The van der Waals surface area contributed by atoms with Crippen LogP contribution < -0.4 is 0 Å². The Labute approximate surface area is 391 Å². The number of nitrogens with zero attached hydrogens (tertiary/aromatic N) is 8. The first-order chi connectivity index (χ1) is 33.7. The lowest BCUT2D eigenvalue weighted by Crippen LogP contribution is -2.06. The van der Waals surface area contributed by atoms with Gasteiger partial charge in [-0.2, -0.15) is 9.97 Å². The van der Waals surface area contributed by atoms with E-state index in [0.717, 1.165) is 88.2 Å². The molecule has 0 spiro atoms. The Kier molecular flexibility index (Phi) is 9.31. The van der Waals surface area contributed by atoms with Gasteiger partial charge in [0.1, 0.15) is 0 Å². The van der Waals surface area contributed by atoms with Crippen LogP contribution in [0.5, 0.6) is 0 Å². The molecule has 9 aromatic carbocycles. The van der Waals surface area contributed by atoms with E-state index >= 15 is 0 Å². The van der Waals surface area contributed by atoms with Crippen molar-refractivity contribution < 1.29 is 0 Å². The van der Waals surface area contributed by atoms with Gasteiger partial charge >= 0.3 is 0 Å². The minimum Gasteiger partial charge on any atom is -0.309 e. The Balaban J connectivity index is 1.03. The molecule has 4 heterocycles. The molecule has 0 N–H and O–H groups in total. The van der Waals surface area contributed by atoms with Crippen LogP contribution >= 0.6 is 0 Å². The van der Waals surface area contributed by atoms with E-state index in [1.165, 1.54) is 0 Å².